The molecular weight excluding hydrogens is 174 g/mol. The maximum absolute atomic E-state index is 11.2. The minimum atomic E-state index is 0.132. The molecule has 0 saturated heterocycles. The number of aryl methyl sites for hydroxylation is 1. The molecule has 0 aliphatic carbocycles. The van der Waals surface area contributed by atoms with Gasteiger partial charge in [0.15, 0.2) is 0 Å². The van der Waals surface area contributed by atoms with E-state index >= 15 is 0 Å². The van der Waals surface area contributed by atoms with Gasteiger partial charge in [-0.3, -0.25) is 4.79 Å². The summed E-state index contributed by atoms with van der Waals surface area (Å²) in [6.45, 7) is 7.15. The number of benzene rings is 1. The van der Waals surface area contributed by atoms with Gasteiger partial charge >= 0.3 is 0 Å². The number of nitrogens with zero attached hydrogens (tertiary/aromatic N) is 1. The first-order chi connectivity index (χ1) is 6.63. The summed E-state index contributed by atoms with van der Waals surface area (Å²) in [5.74, 6) is 0.132. The summed E-state index contributed by atoms with van der Waals surface area (Å²) in [6.07, 6.45) is 0. The molecule has 0 spiro atoms. The van der Waals surface area contributed by atoms with E-state index in [-0.39, 0.29) is 5.91 Å². The van der Waals surface area contributed by atoms with Crippen molar-refractivity contribution in [2.24, 2.45) is 0 Å². The van der Waals surface area contributed by atoms with Gasteiger partial charge in [0.2, 0.25) is 5.91 Å². The average Bonchev–Trinajstić information content (AvgIpc) is 2.16. The Morgan fingerprint density at radius 1 is 1.29 bits per heavy atom. The van der Waals surface area contributed by atoms with Crippen LogP contribution >= 0.6 is 0 Å². The van der Waals surface area contributed by atoms with Gasteiger partial charge in [-0.05, 0) is 19.4 Å². The number of hydrogen-bond acceptors (Lipinski definition) is 1. The van der Waals surface area contributed by atoms with Gasteiger partial charge in [-0.15, -0.1) is 0 Å². The first-order valence-electron chi connectivity index (χ1n) is 4.94. The Balaban J connectivity index is 2.67. The van der Waals surface area contributed by atoms with E-state index in [1.807, 2.05) is 11.8 Å². The first-order valence-corrected chi connectivity index (χ1v) is 4.94. The first kappa shape index (κ1) is 10.8. The Morgan fingerprint density at radius 2 is 1.86 bits per heavy atom. The molecule has 0 N–H and O–H groups in total. The summed E-state index contributed by atoms with van der Waals surface area (Å²) in [4.78, 5) is 13.0. The molecule has 0 radical (unpaired) electrons. The van der Waals surface area contributed by atoms with Crippen LogP contribution in [0.2, 0.25) is 0 Å². The Hall–Kier alpha value is -1.31. The maximum atomic E-state index is 11.2. The van der Waals surface area contributed by atoms with E-state index in [4.69, 9.17) is 0 Å². The highest BCUT2D eigenvalue weighted by Gasteiger charge is 2.05. The van der Waals surface area contributed by atoms with E-state index in [1.165, 1.54) is 11.1 Å². The van der Waals surface area contributed by atoms with Gasteiger partial charge in [0, 0.05) is 20.0 Å². The molecule has 0 unspecified atom stereocenters. The normalized spacial score (nSPS) is 9.93. The molecule has 0 aromatic heterocycles. The predicted molar refractivity (Wildman–Crippen MR) is 57.9 cm³/mol. The molecule has 0 heterocycles. The summed E-state index contributed by atoms with van der Waals surface area (Å²) in [5, 5.41) is 0. The number of carbonyl (C=O) groups excluding carboxylic acids is 1. The number of carbonyl (C=O) groups is 1. The standard InChI is InChI=1S/C12H17NO/c1-4-13(11(3)14)9-12-7-5-10(2)6-8-12/h5-8H,4,9H2,1-3H3. The third kappa shape index (κ3) is 2.87. The minimum absolute atomic E-state index is 0.132. The summed E-state index contributed by atoms with van der Waals surface area (Å²) in [7, 11) is 0. The van der Waals surface area contributed by atoms with Crippen molar-refractivity contribution in [1.29, 1.82) is 0 Å². The molecule has 0 aliphatic rings. The van der Waals surface area contributed by atoms with E-state index in [1.54, 1.807) is 6.92 Å². The van der Waals surface area contributed by atoms with Crippen LogP contribution in [0.25, 0.3) is 0 Å². The Bertz CT molecular complexity index is 303. The number of hydrogen-bond donors (Lipinski definition) is 0. The fraction of sp³-hybridized carbons (Fsp3) is 0.417. The third-order valence-electron chi connectivity index (χ3n) is 2.32. The van der Waals surface area contributed by atoms with Gasteiger partial charge in [0.1, 0.15) is 0 Å². The summed E-state index contributed by atoms with van der Waals surface area (Å²) in [6, 6.07) is 8.29. The lowest BCUT2D eigenvalue weighted by molar-refractivity contribution is -0.129. The second-order valence-corrected chi connectivity index (χ2v) is 3.52. The van der Waals surface area contributed by atoms with Gasteiger partial charge in [-0.1, -0.05) is 29.8 Å². The minimum Gasteiger partial charge on any atom is -0.339 e. The molecule has 1 aromatic rings. The lowest BCUT2D eigenvalue weighted by Gasteiger charge is -2.18. The summed E-state index contributed by atoms with van der Waals surface area (Å²) < 4.78 is 0. The van der Waals surface area contributed by atoms with Crippen LogP contribution in [0, 0.1) is 6.92 Å². The van der Waals surface area contributed by atoms with Crippen LogP contribution in [0.15, 0.2) is 24.3 Å². The quantitative estimate of drug-likeness (QED) is 0.718. The van der Waals surface area contributed by atoms with Gasteiger partial charge in [-0.25, -0.2) is 0 Å². The Morgan fingerprint density at radius 3 is 2.29 bits per heavy atom. The van der Waals surface area contributed by atoms with Crippen LogP contribution in [-0.2, 0) is 11.3 Å². The van der Waals surface area contributed by atoms with Crippen molar-refractivity contribution in [1.82, 2.24) is 4.90 Å². The molecule has 1 rings (SSSR count). The van der Waals surface area contributed by atoms with Gasteiger partial charge in [0.25, 0.3) is 0 Å². The average molecular weight is 191 g/mol. The molecule has 2 nitrogen and oxygen atoms in total. The fourth-order valence-electron chi connectivity index (χ4n) is 1.36. The highest BCUT2D eigenvalue weighted by atomic mass is 16.2. The van der Waals surface area contributed by atoms with Crippen molar-refractivity contribution in [3.05, 3.63) is 35.4 Å². The van der Waals surface area contributed by atoms with Crippen molar-refractivity contribution >= 4 is 5.91 Å². The van der Waals surface area contributed by atoms with Crippen molar-refractivity contribution < 1.29 is 4.79 Å². The van der Waals surface area contributed by atoms with Gasteiger partial charge in [-0.2, -0.15) is 0 Å². The zero-order valence-corrected chi connectivity index (χ0v) is 9.08. The number of rotatable bonds is 3. The van der Waals surface area contributed by atoms with E-state index < -0.39 is 0 Å². The largest absolute Gasteiger partial charge is 0.339 e. The second kappa shape index (κ2) is 4.80. The zero-order chi connectivity index (χ0) is 10.6. The Labute approximate surface area is 85.5 Å². The monoisotopic (exact) mass is 191 g/mol. The van der Waals surface area contributed by atoms with Crippen LogP contribution in [0.5, 0.6) is 0 Å². The number of amides is 1. The molecule has 0 saturated carbocycles. The summed E-state index contributed by atoms with van der Waals surface area (Å²) in [5.41, 5.74) is 2.44. The SMILES string of the molecule is CCN(Cc1ccc(C)cc1)C(C)=O. The van der Waals surface area contributed by atoms with Crippen molar-refractivity contribution in [2.75, 3.05) is 6.54 Å². The molecule has 0 fully saturated rings. The molecule has 0 atom stereocenters. The summed E-state index contributed by atoms with van der Waals surface area (Å²) >= 11 is 0. The molecule has 14 heavy (non-hydrogen) atoms. The van der Waals surface area contributed by atoms with Crippen molar-refractivity contribution in [3.8, 4) is 0 Å². The molecule has 0 bridgehead atoms. The lowest BCUT2D eigenvalue weighted by atomic mass is 10.1. The highest BCUT2D eigenvalue weighted by Crippen LogP contribution is 2.06. The smallest absolute Gasteiger partial charge is 0.219 e. The van der Waals surface area contributed by atoms with Crippen molar-refractivity contribution in [2.45, 2.75) is 27.3 Å². The predicted octanol–water partition coefficient (Wildman–Crippen LogP) is 2.36. The van der Waals surface area contributed by atoms with Crippen LogP contribution in [0.1, 0.15) is 25.0 Å². The van der Waals surface area contributed by atoms with Gasteiger partial charge < -0.3 is 4.90 Å². The van der Waals surface area contributed by atoms with E-state index in [0.717, 1.165) is 6.54 Å². The van der Waals surface area contributed by atoms with E-state index in [2.05, 4.69) is 31.2 Å². The second-order valence-electron chi connectivity index (χ2n) is 3.52. The fourth-order valence-corrected chi connectivity index (χ4v) is 1.36. The molecule has 1 amide bonds. The zero-order valence-electron chi connectivity index (χ0n) is 9.08. The highest BCUT2D eigenvalue weighted by molar-refractivity contribution is 5.73. The van der Waals surface area contributed by atoms with E-state index in [0.29, 0.717) is 6.54 Å². The lowest BCUT2D eigenvalue weighted by Crippen LogP contribution is -2.27. The van der Waals surface area contributed by atoms with Crippen LogP contribution in [-0.4, -0.2) is 17.4 Å². The molecule has 76 valence electrons. The molecule has 2 heteroatoms. The van der Waals surface area contributed by atoms with Crippen molar-refractivity contribution in [3.63, 3.8) is 0 Å². The molecule has 0 aliphatic heterocycles. The third-order valence-corrected chi connectivity index (χ3v) is 2.32. The van der Waals surface area contributed by atoms with Crippen LogP contribution < -0.4 is 0 Å². The molecule has 1 aromatic carbocycles. The van der Waals surface area contributed by atoms with E-state index in [9.17, 15) is 4.79 Å². The Kier molecular flexibility index (Phi) is 3.69. The topological polar surface area (TPSA) is 20.3 Å². The van der Waals surface area contributed by atoms with Crippen LogP contribution in [0.3, 0.4) is 0 Å². The van der Waals surface area contributed by atoms with Crippen LogP contribution in [0.4, 0.5) is 0 Å². The maximum Gasteiger partial charge on any atom is 0.219 e. The molecular formula is C12H17NO. The van der Waals surface area contributed by atoms with Gasteiger partial charge in [0.05, 0.1) is 0 Å².